The van der Waals surface area contributed by atoms with Gasteiger partial charge in [0.1, 0.15) is 0 Å². The maximum absolute atomic E-state index is 3.93. The van der Waals surface area contributed by atoms with Gasteiger partial charge in [-0.2, -0.15) is 0 Å². The lowest BCUT2D eigenvalue weighted by atomic mass is 10.0. The molecule has 0 bridgehead atoms. The molecular weight excluding hydrogens is 684 g/mol. The van der Waals surface area contributed by atoms with Crippen LogP contribution in [0.5, 0.6) is 0 Å². The second kappa shape index (κ2) is 13.3. The number of benzene rings is 8. The van der Waals surface area contributed by atoms with Crippen molar-refractivity contribution in [3.8, 4) is 39.1 Å². The molecule has 9 aromatic rings. The van der Waals surface area contributed by atoms with Crippen molar-refractivity contribution < 1.29 is 0 Å². The van der Waals surface area contributed by atoms with Crippen LogP contribution in [-0.4, -0.2) is 4.57 Å². The van der Waals surface area contributed by atoms with Gasteiger partial charge >= 0.3 is 0 Å². The second-order valence-corrected chi connectivity index (χ2v) is 13.7. The van der Waals surface area contributed by atoms with Crippen LogP contribution < -0.4 is 4.90 Å². The standard InChI is InChI=1S/C48H33BrN2/c49-40-31-43(33-44(32-40)51-47-19-11-10-18-45(47)46-30-39(24-29-48(46)51)36-16-8-3-9-17-36)50(41-25-20-37(21-26-41)34-12-4-1-5-13-34)42-27-22-38(23-28-42)35-14-6-2-7-15-35/h1-33H. The van der Waals surface area contributed by atoms with E-state index < -0.39 is 0 Å². The fourth-order valence-electron chi connectivity index (χ4n) is 7.19. The molecule has 9 rings (SSSR count). The van der Waals surface area contributed by atoms with Crippen molar-refractivity contribution in [2.45, 2.75) is 0 Å². The quantitative estimate of drug-likeness (QED) is 0.159. The minimum Gasteiger partial charge on any atom is -0.310 e. The second-order valence-electron chi connectivity index (χ2n) is 12.8. The summed E-state index contributed by atoms with van der Waals surface area (Å²) in [5.74, 6) is 0. The van der Waals surface area contributed by atoms with Crippen molar-refractivity contribution in [3.63, 3.8) is 0 Å². The Kier molecular flexibility index (Phi) is 8.04. The summed E-state index contributed by atoms with van der Waals surface area (Å²) in [7, 11) is 0. The third-order valence-electron chi connectivity index (χ3n) is 9.63. The van der Waals surface area contributed by atoms with Crippen LogP contribution in [0.1, 0.15) is 0 Å². The first kappa shape index (κ1) is 30.9. The van der Waals surface area contributed by atoms with E-state index in [0.717, 1.165) is 27.2 Å². The van der Waals surface area contributed by atoms with Crippen LogP contribution in [0.25, 0.3) is 60.9 Å². The van der Waals surface area contributed by atoms with Crippen LogP contribution in [0.4, 0.5) is 17.1 Å². The number of hydrogen-bond acceptors (Lipinski definition) is 1. The number of rotatable bonds is 7. The SMILES string of the molecule is Brc1cc(N(c2ccc(-c3ccccc3)cc2)c2ccc(-c3ccccc3)cc2)cc(-n2c3ccccc3c3cc(-c4ccccc4)ccc32)c1. The van der Waals surface area contributed by atoms with Gasteiger partial charge in [-0.05, 0) is 94.0 Å². The van der Waals surface area contributed by atoms with Crippen molar-refractivity contribution in [1.82, 2.24) is 4.57 Å². The Morgan fingerprint density at radius 3 is 1.35 bits per heavy atom. The number of nitrogens with zero attached hydrogens (tertiary/aromatic N) is 2. The molecule has 1 heterocycles. The molecule has 3 heteroatoms. The molecule has 8 aromatic carbocycles. The van der Waals surface area contributed by atoms with Crippen molar-refractivity contribution in [2.24, 2.45) is 0 Å². The molecule has 0 fully saturated rings. The third kappa shape index (κ3) is 5.92. The third-order valence-corrected chi connectivity index (χ3v) is 10.1. The van der Waals surface area contributed by atoms with Gasteiger partial charge in [0.15, 0.2) is 0 Å². The van der Waals surface area contributed by atoms with E-state index >= 15 is 0 Å². The van der Waals surface area contributed by atoms with Gasteiger partial charge in [-0.3, -0.25) is 0 Å². The van der Waals surface area contributed by atoms with Gasteiger partial charge < -0.3 is 9.47 Å². The molecule has 0 saturated carbocycles. The maximum Gasteiger partial charge on any atom is 0.0541 e. The molecule has 0 spiro atoms. The van der Waals surface area contributed by atoms with Crippen LogP contribution in [-0.2, 0) is 0 Å². The van der Waals surface area contributed by atoms with E-state index in [9.17, 15) is 0 Å². The molecule has 0 aliphatic heterocycles. The molecule has 0 aliphatic carbocycles. The Balaban J connectivity index is 1.20. The monoisotopic (exact) mass is 716 g/mol. The molecule has 0 radical (unpaired) electrons. The number of halogens is 1. The fourth-order valence-corrected chi connectivity index (χ4v) is 7.66. The predicted molar refractivity (Wildman–Crippen MR) is 219 cm³/mol. The summed E-state index contributed by atoms with van der Waals surface area (Å²) in [6.45, 7) is 0. The molecular formula is C48H33BrN2. The zero-order valence-electron chi connectivity index (χ0n) is 27.8. The minimum absolute atomic E-state index is 1.01. The van der Waals surface area contributed by atoms with E-state index in [-0.39, 0.29) is 0 Å². The van der Waals surface area contributed by atoms with E-state index in [1.54, 1.807) is 0 Å². The Bertz CT molecular complexity index is 2530. The van der Waals surface area contributed by atoms with Crippen molar-refractivity contribution in [2.75, 3.05) is 4.90 Å². The lowest BCUT2D eigenvalue weighted by Crippen LogP contribution is -2.10. The summed E-state index contributed by atoms with van der Waals surface area (Å²) in [5, 5.41) is 2.47. The van der Waals surface area contributed by atoms with Gasteiger partial charge in [-0.25, -0.2) is 0 Å². The van der Waals surface area contributed by atoms with Crippen molar-refractivity contribution in [3.05, 3.63) is 205 Å². The highest BCUT2D eigenvalue weighted by Crippen LogP contribution is 2.41. The molecule has 0 unspecified atom stereocenters. The first-order chi connectivity index (χ1) is 25.2. The number of hydrogen-bond donors (Lipinski definition) is 0. The first-order valence-corrected chi connectivity index (χ1v) is 18.0. The molecule has 0 N–H and O–H groups in total. The molecule has 0 atom stereocenters. The van der Waals surface area contributed by atoms with Gasteiger partial charge in [-0.15, -0.1) is 0 Å². The molecule has 0 saturated heterocycles. The smallest absolute Gasteiger partial charge is 0.0541 e. The number of aromatic nitrogens is 1. The van der Waals surface area contributed by atoms with Crippen LogP contribution >= 0.6 is 15.9 Å². The van der Waals surface area contributed by atoms with Gasteiger partial charge in [0.2, 0.25) is 0 Å². The summed E-state index contributed by atoms with van der Waals surface area (Å²) in [4.78, 5) is 2.35. The molecule has 1 aromatic heterocycles. The summed E-state index contributed by atoms with van der Waals surface area (Å²) >= 11 is 3.93. The van der Waals surface area contributed by atoms with Crippen LogP contribution in [0.3, 0.4) is 0 Å². The number of fused-ring (bicyclic) bond motifs is 3. The maximum atomic E-state index is 3.93. The molecule has 242 valence electrons. The average molecular weight is 718 g/mol. The van der Waals surface area contributed by atoms with Gasteiger partial charge in [-0.1, -0.05) is 155 Å². The lowest BCUT2D eigenvalue weighted by Gasteiger charge is -2.27. The van der Waals surface area contributed by atoms with E-state index in [0.29, 0.717) is 0 Å². The lowest BCUT2D eigenvalue weighted by molar-refractivity contribution is 1.16. The van der Waals surface area contributed by atoms with Crippen LogP contribution in [0, 0.1) is 0 Å². The Labute approximate surface area is 306 Å². The Morgan fingerprint density at radius 2 is 0.784 bits per heavy atom. The fraction of sp³-hybridized carbons (Fsp3) is 0. The highest BCUT2D eigenvalue weighted by atomic mass is 79.9. The Morgan fingerprint density at radius 1 is 0.333 bits per heavy atom. The van der Waals surface area contributed by atoms with Gasteiger partial charge in [0.05, 0.1) is 11.0 Å². The average Bonchev–Trinajstić information content (AvgIpc) is 3.53. The number of para-hydroxylation sites is 1. The van der Waals surface area contributed by atoms with E-state index in [4.69, 9.17) is 0 Å². The van der Waals surface area contributed by atoms with E-state index in [1.165, 1.54) is 55.2 Å². The van der Waals surface area contributed by atoms with Crippen molar-refractivity contribution in [1.29, 1.82) is 0 Å². The molecule has 0 aliphatic rings. The first-order valence-electron chi connectivity index (χ1n) is 17.2. The molecule has 51 heavy (non-hydrogen) atoms. The van der Waals surface area contributed by atoms with Gasteiger partial charge in [0, 0.05) is 38.0 Å². The highest BCUT2D eigenvalue weighted by molar-refractivity contribution is 9.10. The summed E-state index contributed by atoms with van der Waals surface area (Å²) in [5.41, 5.74) is 13.9. The molecule has 2 nitrogen and oxygen atoms in total. The normalized spacial score (nSPS) is 11.2. The highest BCUT2D eigenvalue weighted by Gasteiger charge is 2.18. The summed E-state index contributed by atoms with van der Waals surface area (Å²) in [6.07, 6.45) is 0. The topological polar surface area (TPSA) is 8.17 Å². The summed E-state index contributed by atoms with van der Waals surface area (Å²) in [6, 6.07) is 71.7. The zero-order chi connectivity index (χ0) is 34.1. The largest absolute Gasteiger partial charge is 0.310 e. The van der Waals surface area contributed by atoms with E-state index in [2.05, 4.69) is 226 Å². The minimum atomic E-state index is 1.01. The van der Waals surface area contributed by atoms with Gasteiger partial charge in [0.25, 0.3) is 0 Å². The zero-order valence-corrected chi connectivity index (χ0v) is 29.4. The molecule has 0 amide bonds. The van der Waals surface area contributed by atoms with Crippen LogP contribution in [0.2, 0.25) is 0 Å². The number of anilines is 3. The van der Waals surface area contributed by atoms with Crippen molar-refractivity contribution >= 4 is 54.8 Å². The Hall–Kier alpha value is -6.16. The van der Waals surface area contributed by atoms with Crippen LogP contribution in [0.15, 0.2) is 205 Å². The van der Waals surface area contributed by atoms with E-state index in [1.807, 2.05) is 0 Å². The summed E-state index contributed by atoms with van der Waals surface area (Å²) < 4.78 is 3.40. The predicted octanol–water partition coefficient (Wildman–Crippen LogP) is 14.0.